The topological polar surface area (TPSA) is 50.2 Å². The van der Waals surface area contributed by atoms with Gasteiger partial charge >= 0.3 is 0 Å². The summed E-state index contributed by atoms with van der Waals surface area (Å²) in [4.78, 5) is 20.6. The molecule has 0 aliphatic carbocycles. The minimum atomic E-state index is -0.0585. The van der Waals surface area contributed by atoms with Gasteiger partial charge in [-0.25, -0.2) is 4.98 Å². The summed E-state index contributed by atoms with van der Waals surface area (Å²) in [6.07, 6.45) is 5.40. The average Bonchev–Trinajstić information content (AvgIpc) is 3.54. The maximum Gasteiger partial charge on any atom is 0.253 e. The second-order valence-electron chi connectivity index (χ2n) is 10.1. The highest BCUT2D eigenvalue weighted by Crippen LogP contribution is 2.34. The molecule has 38 heavy (non-hydrogen) atoms. The Morgan fingerprint density at radius 3 is 2.66 bits per heavy atom. The van der Waals surface area contributed by atoms with Crippen LogP contribution in [0, 0.1) is 0 Å². The van der Waals surface area contributed by atoms with Gasteiger partial charge in [-0.1, -0.05) is 54.1 Å². The largest absolute Gasteiger partial charge is 0.348 e. The Morgan fingerprint density at radius 2 is 1.82 bits per heavy atom. The minimum absolute atomic E-state index is 0.0585. The van der Waals surface area contributed by atoms with Gasteiger partial charge in [0.15, 0.2) is 0 Å². The molecule has 194 valence electrons. The SMILES string of the molecule is O=C(NCc1cccc(Cl)c1)c1cn(CCCN2CCC(c3nc4ccccc4s3)CC2)c2ccccc12. The number of thiazole rings is 1. The number of likely N-dealkylation sites (tertiary alicyclic amines) is 1. The van der Waals surface area contributed by atoms with Gasteiger partial charge in [-0.2, -0.15) is 0 Å². The third-order valence-electron chi connectivity index (χ3n) is 7.50. The van der Waals surface area contributed by atoms with Crippen LogP contribution in [0.2, 0.25) is 5.02 Å². The molecule has 3 heterocycles. The molecule has 6 rings (SSSR count). The molecule has 0 atom stereocenters. The predicted molar refractivity (Wildman–Crippen MR) is 157 cm³/mol. The Kier molecular flexibility index (Phi) is 7.45. The number of benzene rings is 3. The molecule has 1 aliphatic heterocycles. The van der Waals surface area contributed by atoms with Gasteiger partial charge in [-0.3, -0.25) is 4.79 Å². The van der Waals surface area contributed by atoms with Crippen molar-refractivity contribution in [2.75, 3.05) is 19.6 Å². The summed E-state index contributed by atoms with van der Waals surface area (Å²) in [5, 5.41) is 6.02. The standard InChI is InChI=1S/C31H31ClN4OS/c32-24-8-5-7-22(19-24)20-33-30(37)26-21-36(28-11-3-1-9-25(26)28)16-6-15-35-17-13-23(14-18-35)31-34-27-10-2-4-12-29(27)38-31/h1-5,7-12,19,21,23H,6,13-18,20H2,(H,33,37). The summed E-state index contributed by atoms with van der Waals surface area (Å²) >= 11 is 7.95. The molecule has 0 saturated carbocycles. The number of para-hydroxylation sites is 2. The van der Waals surface area contributed by atoms with Gasteiger partial charge in [-0.05, 0) is 74.8 Å². The minimum Gasteiger partial charge on any atom is -0.348 e. The number of hydrogen-bond acceptors (Lipinski definition) is 4. The fourth-order valence-electron chi connectivity index (χ4n) is 5.47. The van der Waals surface area contributed by atoms with Gasteiger partial charge in [0.25, 0.3) is 5.91 Å². The summed E-state index contributed by atoms with van der Waals surface area (Å²) in [5.41, 5.74) is 3.95. The molecule has 1 aliphatic rings. The number of fused-ring (bicyclic) bond motifs is 2. The number of hydrogen-bond donors (Lipinski definition) is 1. The zero-order valence-corrected chi connectivity index (χ0v) is 22.8. The number of carbonyl (C=O) groups is 1. The number of aromatic nitrogens is 2. The van der Waals surface area contributed by atoms with Crippen molar-refractivity contribution in [3.8, 4) is 0 Å². The van der Waals surface area contributed by atoms with Crippen molar-refractivity contribution in [3.05, 3.63) is 100 Å². The first kappa shape index (κ1) is 25.1. The molecule has 0 bridgehead atoms. The van der Waals surface area contributed by atoms with E-state index in [-0.39, 0.29) is 5.91 Å². The number of halogens is 1. The van der Waals surface area contributed by atoms with E-state index >= 15 is 0 Å². The lowest BCUT2D eigenvalue weighted by Gasteiger charge is -2.31. The highest BCUT2D eigenvalue weighted by molar-refractivity contribution is 7.18. The van der Waals surface area contributed by atoms with E-state index in [4.69, 9.17) is 16.6 Å². The van der Waals surface area contributed by atoms with Gasteiger partial charge in [0.05, 0.1) is 20.8 Å². The smallest absolute Gasteiger partial charge is 0.253 e. The number of carbonyl (C=O) groups excluding carboxylic acids is 1. The summed E-state index contributed by atoms with van der Waals surface area (Å²) in [6, 6.07) is 24.2. The number of rotatable bonds is 8. The second-order valence-corrected chi connectivity index (χ2v) is 11.6. The number of piperidine rings is 1. The predicted octanol–water partition coefficient (Wildman–Crippen LogP) is 7.10. The van der Waals surface area contributed by atoms with Crippen molar-refractivity contribution < 1.29 is 4.79 Å². The van der Waals surface area contributed by atoms with E-state index in [0.717, 1.165) is 60.1 Å². The first-order chi connectivity index (χ1) is 18.6. The molecule has 0 spiro atoms. The van der Waals surface area contributed by atoms with E-state index in [9.17, 15) is 4.79 Å². The molecule has 0 radical (unpaired) electrons. The van der Waals surface area contributed by atoms with Crippen LogP contribution in [0.25, 0.3) is 21.1 Å². The van der Waals surface area contributed by atoms with Crippen molar-refractivity contribution in [2.45, 2.75) is 38.3 Å². The van der Waals surface area contributed by atoms with Crippen LogP contribution in [0.5, 0.6) is 0 Å². The molecule has 5 nitrogen and oxygen atoms in total. The van der Waals surface area contributed by atoms with E-state index in [1.54, 1.807) is 0 Å². The van der Waals surface area contributed by atoms with Gasteiger partial charge in [0.1, 0.15) is 0 Å². The van der Waals surface area contributed by atoms with E-state index < -0.39 is 0 Å². The molecular weight excluding hydrogens is 512 g/mol. The van der Waals surface area contributed by atoms with Crippen LogP contribution >= 0.6 is 22.9 Å². The lowest BCUT2D eigenvalue weighted by atomic mass is 9.97. The van der Waals surface area contributed by atoms with Gasteiger partial charge < -0.3 is 14.8 Å². The first-order valence-corrected chi connectivity index (χ1v) is 14.5. The van der Waals surface area contributed by atoms with Crippen LogP contribution in [-0.4, -0.2) is 40.0 Å². The van der Waals surface area contributed by atoms with Crippen molar-refractivity contribution in [1.82, 2.24) is 19.8 Å². The molecular formula is C31H31ClN4OS. The van der Waals surface area contributed by atoms with Crippen molar-refractivity contribution in [1.29, 1.82) is 0 Å². The third-order valence-corrected chi connectivity index (χ3v) is 8.93. The van der Waals surface area contributed by atoms with Crippen LogP contribution in [0.4, 0.5) is 0 Å². The Morgan fingerprint density at radius 1 is 1.00 bits per heavy atom. The highest BCUT2D eigenvalue weighted by Gasteiger charge is 2.23. The van der Waals surface area contributed by atoms with Crippen LogP contribution < -0.4 is 5.32 Å². The quantitative estimate of drug-likeness (QED) is 0.227. The number of aryl methyl sites for hydroxylation is 1. The maximum atomic E-state index is 13.1. The summed E-state index contributed by atoms with van der Waals surface area (Å²) < 4.78 is 3.53. The maximum absolute atomic E-state index is 13.1. The molecule has 5 aromatic rings. The van der Waals surface area contributed by atoms with Crippen molar-refractivity contribution in [3.63, 3.8) is 0 Å². The summed E-state index contributed by atoms with van der Waals surface area (Å²) in [5.74, 6) is 0.516. The molecule has 1 amide bonds. The van der Waals surface area contributed by atoms with Gasteiger partial charge in [-0.15, -0.1) is 11.3 Å². The van der Waals surface area contributed by atoms with E-state index in [1.165, 1.54) is 22.5 Å². The van der Waals surface area contributed by atoms with E-state index in [1.807, 2.05) is 60.0 Å². The van der Waals surface area contributed by atoms with Crippen molar-refractivity contribution in [2.24, 2.45) is 0 Å². The Balaban J connectivity index is 1.04. The molecule has 0 unspecified atom stereocenters. The highest BCUT2D eigenvalue weighted by atomic mass is 35.5. The number of amides is 1. The molecule has 7 heteroatoms. The van der Waals surface area contributed by atoms with E-state index in [0.29, 0.717) is 17.5 Å². The van der Waals surface area contributed by atoms with E-state index in [2.05, 4.69) is 45.1 Å². The molecule has 3 aromatic carbocycles. The van der Waals surface area contributed by atoms with Gasteiger partial charge in [0, 0.05) is 41.1 Å². The van der Waals surface area contributed by atoms with Crippen LogP contribution in [0.15, 0.2) is 79.0 Å². The summed E-state index contributed by atoms with van der Waals surface area (Å²) in [7, 11) is 0. The van der Waals surface area contributed by atoms with Crippen LogP contribution in [0.3, 0.4) is 0 Å². The fourth-order valence-corrected chi connectivity index (χ4v) is 6.82. The van der Waals surface area contributed by atoms with Crippen LogP contribution in [0.1, 0.15) is 46.1 Å². The zero-order valence-electron chi connectivity index (χ0n) is 21.3. The average molecular weight is 543 g/mol. The normalized spacial score (nSPS) is 14.9. The summed E-state index contributed by atoms with van der Waals surface area (Å²) in [6.45, 7) is 4.63. The number of nitrogens with one attached hydrogen (secondary N) is 1. The molecule has 1 saturated heterocycles. The zero-order chi connectivity index (χ0) is 25.9. The monoisotopic (exact) mass is 542 g/mol. The Labute approximate surface area is 232 Å². The van der Waals surface area contributed by atoms with Crippen molar-refractivity contribution >= 4 is 50.0 Å². The molecule has 1 N–H and O–H groups in total. The Hall–Kier alpha value is -3.19. The second kappa shape index (κ2) is 11.3. The lowest BCUT2D eigenvalue weighted by molar-refractivity contribution is 0.0952. The third kappa shape index (κ3) is 5.48. The van der Waals surface area contributed by atoms with Crippen LogP contribution in [-0.2, 0) is 13.1 Å². The number of nitrogens with zero attached hydrogens (tertiary/aromatic N) is 3. The molecule has 1 fully saturated rings. The first-order valence-electron chi connectivity index (χ1n) is 13.3. The van der Waals surface area contributed by atoms with Gasteiger partial charge in [0.2, 0.25) is 0 Å². The Bertz CT molecular complexity index is 1530. The molecule has 2 aromatic heterocycles. The fraction of sp³-hybridized carbons (Fsp3) is 0.290. The lowest BCUT2D eigenvalue weighted by Crippen LogP contribution is -2.34.